The van der Waals surface area contributed by atoms with Crippen LogP contribution in [0.15, 0.2) is 48.5 Å². The number of aromatic amines is 1. The first-order valence-corrected chi connectivity index (χ1v) is 8.43. The molecule has 0 aliphatic carbocycles. The van der Waals surface area contributed by atoms with Gasteiger partial charge < -0.3 is 20.4 Å². The van der Waals surface area contributed by atoms with Crippen molar-refractivity contribution in [3.63, 3.8) is 0 Å². The fourth-order valence-electron chi connectivity index (χ4n) is 2.82. The quantitative estimate of drug-likeness (QED) is 0.466. The van der Waals surface area contributed by atoms with E-state index in [1.807, 2.05) is 30.3 Å². The topological polar surface area (TPSA) is 136 Å². The van der Waals surface area contributed by atoms with Crippen molar-refractivity contribution in [2.45, 2.75) is 6.42 Å². The number of rotatable bonds is 8. The molecule has 1 aromatic heterocycles. The molecule has 9 nitrogen and oxygen atoms in total. The molecule has 144 valence electrons. The molecule has 0 saturated heterocycles. The number of fused-ring (bicyclic) bond motifs is 1. The van der Waals surface area contributed by atoms with Crippen LogP contribution in [0.1, 0.15) is 5.56 Å². The molecular formula is C19H18N4O5. The Balaban J connectivity index is 1.84. The van der Waals surface area contributed by atoms with Crippen LogP contribution in [0.5, 0.6) is 0 Å². The number of hydrogen-bond donors (Lipinski definition) is 4. The van der Waals surface area contributed by atoms with E-state index in [9.17, 15) is 14.4 Å². The number of nitrogens with zero attached hydrogens (tertiary/aromatic N) is 2. The van der Waals surface area contributed by atoms with Crippen LogP contribution >= 0.6 is 0 Å². The van der Waals surface area contributed by atoms with E-state index in [-0.39, 0.29) is 12.3 Å². The van der Waals surface area contributed by atoms with Crippen molar-refractivity contribution in [3.05, 3.63) is 54.1 Å². The molecule has 0 fully saturated rings. The summed E-state index contributed by atoms with van der Waals surface area (Å²) in [4.78, 5) is 35.6. The van der Waals surface area contributed by atoms with Crippen molar-refractivity contribution in [1.82, 2.24) is 10.2 Å². The van der Waals surface area contributed by atoms with E-state index in [0.717, 1.165) is 5.56 Å². The largest absolute Gasteiger partial charge is 0.480 e. The van der Waals surface area contributed by atoms with Gasteiger partial charge in [0, 0.05) is 11.1 Å². The predicted molar refractivity (Wildman–Crippen MR) is 102 cm³/mol. The maximum atomic E-state index is 12.3. The number of anilines is 2. The molecule has 2 aromatic carbocycles. The highest BCUT2D eigenvalue weighted by Gasteiger charge is 2.17. The van der Waals surface area contributed by atoms with E-state index < -0.39 is 25.0 Å². The van der Waals surface area contributed by atoms with E-state index >= 15 is 0 Å². The Kier molecular flexibility index (Phi) is 5.54. The Labute approximate surface area is 159 Å². The van der Waals surface area contributed by atoms with Crippen LogP contribution in [0.4, 0.5) is 11.5 Å². The molecule has 3 rings (SSSR count). The summed E-state index contributed by atoms with van der Waals surface area (Å²) in [6, 6.07) is 14.1. The van der Waals surface area contributed by atoms with Crippen molar-refractivity contribution >= 4 is 40.3 Å². The third-order valence-corrected chi connectivity index (χ3v) is 4.03. The Morgan fingerprint density at radius 2 is 1.68 bits per heavy atom. The monoisotopic (exact) mass is 382 g/mol. The highest BCUT2D eigenvalue weighted by molar-refractivity contribution is 6.01. The van der Waals surface area contributed by atoms with Crippen LogP contribution < -0.4 is 10.2 Å². The maximum Gasteiger partial charge on any atom is 0.323 e. The molecule has 0 aliphatic rings. The van der Waals surface area contributed by atoms with Gasteiger partial charge in [-0.05, 0) is 23.8 Å². The summed E-state index contributed by atoms with van der Waals surface area (Å²) in [5.41, 5.74) is 1.89. The maximum absolute atomic E-state index is 12.3. The molecule has 0 saturated carbocycles. The highest BCUT2D eigenvalue weighted by Crippen LogP contribution is 2.26. The van der Waals surface area contributed by atoms with Crippen molar-refractivity contribution < 1.29 is 24.6 Å². The lowest BCUT2D eigenvalue weighted by molar-refractivity contribution is -0.136. The zero-order valence-corrected chi connectivity index (χ0v) is 14.8. The van der Waals surface area contributed by atoms with Gasteiger partial charge in [0.15, 0.2) is 5.82 Å². The molecular weight excluding hydrogens is 364 g/mol. The van der Waals surface area contributed by atoms with E-state index in [2.05, 4.69) is 15.5 Å². The number of hydrogen-bond acceptors (Lipinski definition) is 5. The van der Waals surface area contributed by atoms with Gasteiger partial charge in [-0.1, -0.05) is 30.3 Å². The fourth-order valence-corrected chi connectivity index (χ4v) is 2.82. The lowest BCUT2D eigenvalue weighted by Crippen LogP contribution is -2.34. The third-order valence-electron chi connectivity index (χ3n) is 4.03. The second-order valence-electron chi connectivity index (χ2n) is 6.16. The number of amides is 1. The van der Waals surface area contributed by atoms with E-state index in [1.165, 1.54) is 4.90 Å². The van der Waals surface area contributed by atoms with Gasteiger partial charge in [-0.15, -0.1) is 0 Å². The lowest BCUT2D eigenvalue weighted by Gasteiger charge is -2.20. The third kappa shape index (κ3) is 4.64. The Morgan fingerprint density at radius 1 is 1.00 bits per heavy atom. The predicted octanol–water partition coefficient (Wildman–Crippen LogP) is 1.72. The molecule has 0 aliphatic heterocycles. The van der Waals surface area contributed by atoms with Gasteiger partial charge in [-0.25, -0.2) is 0 Å². The smallest absolute Gasteiger partial charge is 0.323 e. The molecule has 1 heterocycles. The molecule has 0 spiro atoms. The molecule has 0 radical (unpaired) electrons. The first kappa shape index (κ1) is 18.9. The number of carbonyl (C=O) groups excluding carboxylic acids is 1. The van der Waals surface area contributed by atoms with Crippen molar-refractivity contribution in [2.75, 3.05) is 23.3 Å². The van der Waals surface area contributed by atoms with Crippen LogP contribution in [0.2, 0.25) is 0 Å². The average Bonchev–Trinajstić information content (AvgIpc) is 3.03. The van der Waals surface area contributed by atoms with Gasteiger partial charge in [0.1, 0.15) is 13.1 Å². The standard InChI is InChI=1S/C19H18N4O5/c24-16(8-12-4-2-1-3-5-12)20-19-14-9-13(6-7-15(14)21-22-19)23(10-17(25)26)11-18(27)28/h1-7,9H,8,10-11H2,(H,25,26)(H,27,28)(H2,20,21,22,24). The molecule has 9 heteroatoms. The molecule has 3 aromatic rings. The van der Waals surface area contributed by atoms with Gasteiger partial charge in [0.25, 0.3) is 0 Å². The first-order valence-electron chi connectivity index (χ1n) is 8.43. The molecule has 1 amide bonds. The molecule has 0 bridgehead atoms. The number of H-pyrrole nitrogens is 1. The number of aliphatic carboxylic acids is 2. The summed E-state index contributed by atoms with van der Waals surface area (Å²) in [6.07, 6.45) is 0.180. The zero-order valence-electron chi connectivity index (χ0n) is 14.8. The minimum Gasteiger partial charge on any atom is -0.480 e. The minimum absolute atomic E-state index is 0.180. The Hall–Kier alpha value is -3.88. The molecule has 28 heavy (non-hydrogen) atoms. The molecule has 0 atom stereocenters. The molecule has 4 N–H and O–H groups in total. The van der Waals surface area contributed by atoms with Crippen LogP contribution in [0, 0.1) is 0 Å². The number of carboxylic acid groups (broad SMARTS) is 2. The SMILES string of the molecule is O=C(O)CN(CC(=O)O)c1ccc2[nH]nc(NC(=O)Cc3ccccc3)c2c1. The van der Waals surface area contributed by atoms with Crippen LogP contribution in [0.25, 0.3) is 10.9 Å². The second kappa shape index (κ2) is 8.21. The van der Waals surface area contributed by atoms with E-state index in [4.69, 9.17) is 10.2 Å². The summed E-state index contributed by atoms with van der Waals surface area (Å²) < 4.78 is 0. The number of aromatic nitrogens is 2. The van der Waals surface area contributed by atoms with E-state index in [0.29, 0.717) is 22.4 Å². The average molecular weight is 382 g/mol. The van der Waals surface area contributed by atoms with E-state index in [1.54, 1.807) is 18.2 Å². The summed E-state index contributed by atoms with van der Waals surface area (Å²) in [6.45, 7) is -0.934. The Morgan fingerprint density at radius 3 is 2.32 bits per heavy atom. The summed E-state index contributed by atoms with van der Waals surface area (Å²) in [7, 11) is 0. The Bertz CT molecular complexity index is 1000. The van der Waals surface area contributed by atoms with Crippen molar-refractivity contribution in [2.24, 2.45) is 0 Å². The summed E-state index contributed by atoms with van der Waals surface area (Å²) in [5.74, 6) is -2.25. The fraction of sp³-hybridized carbons (Fsp3) is 0.158. The number of benzene rings is 2. The lowest BCUT2D eigenvalue weighted by atomic mass is 10.1. The van der Waals surface area contributed by atoms with Gasteiger partial charge >= 0.3 is 11.9 Å². The zero-order chi connectivity index (χ0) is 20.1. The number of nitrogens with one attached hydrogen (secondary N) is 2. The summed E-state index contributed by atoms with van der Waals surface area (Å²) in [5, 5.41) is 28.2. The van der Waals surface area contributed by atoms with Crippen LogP contribution in [0.3, 0.4) is 0 Å². The summed E-state index contributed by atoms with van der Waals surface area (Å²) >= 11 is 0. The van der Waals surface area contributed by atoms with Gasteiger partial charge in [-0.2, -0.15) is 5.10 Å². The number of carboxylic acids is 2. The van der Waals surface area contributed by atoms with Gasteiger partial charge in [-0.3, -0.25) is 19.5 Å². The van der Waals surface area contributed by atoms with Crippen molar-refractivity contribution in [3.8, 4) is 0 Å². The van der Waals surface area contributed by atoms with Crippen molar-refractivity contribution in [1.29, 1.82) is 0 Å². The highest BCUT2D eigenvalue weighted by atomic mass is 16.4. The number of carbonyl (C=O) groups is 3. The molecule has 0 unspecified atom stereocenters. The first-order chi connectivity index (χ1) is 13.4. The van der Waals surface area contributed by atoms with Gasteiger partial charge in [0.05, 0.1) is 11.9 Å². The van der Waals surface area contributed by atoms with Crippen LogP contribution in [-0.2, 0) is 20.8 Å². The van der Waals surface area contributed by atoms with Gasteiger partial charge in [0.2, 0.25) is 5.91 Å². The normalized spacial score (nSPS) is 10.6. The second-order valence-corrected chi connectivity index (χ2v) is 6.16. The minimum atomic E-state index is -1.15. The van der Waals surface area contributed by atoms with Crippen LogP contribution in [-0.4, -0.2) is 51.3 Å².